The summed E-state index contributed by atoms with van der Waals surface area (Å²) in [4.78, 5) is 11.8. The maximum Gasteiger partial charge on any atom is 0.137 e. The van der Waals surface area contributed by atoms with E-state index in [1.54, 1.807) is 0 Å². The van der Waals surface area contributed by atoms with Crippen LogP contribution >= 0.6 is 11.6 Å². The molecule has 0 amide bonds. The average Bonchev–Trinajstić information content (AvgIpc) is 2.40. The summed E-state index contributed by atoms with van der Waals surface area (Å²) in [5.41, 5.74) is 0.956. The van der Waals surface area contributed by atoms with E-state index in [1.807, 2.05) is 24.3 Å². The molecule has 0 N–H and O–H groups in total. The van der Waals surface area contributed by atoms with Gasteiger partial charge in [0, 0.05) is 17.9 Å². The quantitative estimate of drug-likeness (QED) is 0.510. The highest BCUT2D eigenvalue weighted by atomic mass is 35.5. The van der Waals surface area contributed by atoms with Crippen molar-refractivity contribution in [2.45, 2.75) is 64.7 Å². The third-order valence-corrected chi connectivity index (χ3v) is 3.77. The smallest absolute Gasteiger partial charge is 0.137 e. The third kappa shape index (κ3) is 7.37. The van der Waals surface area contributed by atoms with E-state index >= 15 is 0 Å². The van der Waals surface area contributed by atoms with Crippen molar-refractivity contribution >= 4 is 17.4 Å². The fourth-order valence-electron chi connectivity index (χ4n) is 2.22. The first-order valence-electron chi connectivity index (χ1n) is 7.49. The Morgan fingerprint density at radius 3 is 2.32 bits per heavy atom. The van der Waals surface area contributed by atoms with Crippen molar-refractivity contribution in [1.82, 2.24) is 0 Å². The topological polar surface area (TPSA) is 17.1 Å². The van der Waals surface area contributed by atoms with Crippen LogP contribution < -0.4 is 0 Å². The number of carbonyl (C=O) groups excluding carboxylic acids is 1. The first-order chi connectivity index (χ1) is 9.24. The average molecular weight is 281 g/mol. The molecule has 1 nitrogen and oxygen atoms in total. The summed E-state index contributed by atoms with van der Waals surface area (Å²) in [7, 11) is 0. The fraction of sp³-hybridized carbons (Fsp3) is 0.588. The van der Waals surface area contributed by atoms with Gasteiger partial charge >= 0.3 is 0 Å². The third-order valence-electron chi connectivity index (χ3n) is 3.40. The number of unbranched alkanes of at least 4 members (excludes halogenated alkanes) is 6. The van der Waals surface area contributed by atoms with E-state index in [9.17, 15) is 4.79 Å². The molecule has 0 radical (unpaired) electrons. The lowest BCUT2D eigenvalue weighted by atomic mass is 10.0. The molecule has 106 valence electrons. The van der Waals surface area contributed by atoms with Gasteiger partial charge in [0.2, 0.25) is 0 Å². The molecule has 1 aromatic rings. The van der Waals surface area contributed by atoms with E-state index < -0.39 is 0 Å². The van der Waals surface area contributed by atoms with Gasteiger partial charge in [0.05, 0.1) is 0 Å². The Kier molecular flexibility index (Phi) is 8.57. The van der Waals surface area contributed by atoms with Gasteiger partial charge in [0.25, 0.3) is 0 Å². The van der Waals surface area contributed by atoms with E-state index in [0.29, 0.717) is 23.6 Å². The summed E-state index contributed by atoms with van der Waals surface area (Å²) in [6.07, 6.45) is 9.92. The largest absolute Gasteiger partial charge is 0.299 e. The minimum absolute atomic E-state index is 0.307. The van der Waals surface area contributed by atoms with Crippen LogP contribution in [0.2, 0.25) is 5.02 Å². The second kappa shape index (κ2) is 10.0. The Labute approximate surface area is 122 Å². The van der Waals surface area contributed by atoms with Crippen LogP contribution in [0.1, 0.15) is 63.9 Å². The summed E-state index contributed by atoms with van der Waals surface area (Å²) in [6.45, 7) is 2.23. The molecule has 1 aromatic carbocycles. The number of carbonyl (C=O) groups is 1. The van der Waals surface area contributed by atoms with Crippen molar-refractivity contribution in [1.29, 1.82) is 0 Å². The minimum atomic E-state index is 0.307. The molecule has 2 heteroatoms. The van der Waals surface area contributed by atoms with Crippen LogP contribution in [0.3, 0.4) is 0 Å². The molecule has 0 atom stereocenters. The minimum Gasteiger partial charge on any atom is -0.299 e. The molecule has 0 aromatic heterocycles. The standard InChI is InChI=1S/C17H25ClO/c1-2-3-4-5-6-7-8-12-16(19)14-15-11-9-10-13-17(15)18/h9-11,13H,2-8,12,14H2,1H3. The van der Waals surface area contributed by atoms with Crippen LogP contribution in [-0.4, -0.2) is 5.78 Å². The number of ketones is 1. The van der Waals surface area contributed by atoms with Crippen LogP contribution in [0.25, 0.3) is 0 Å². The van der Waals surface area contributed by atoms with Crippen molar-refractivity contribution in [2.75, 3.05) is 0 Å². The number of hydrogen-bond donors (Lipinski definition) is 0. The molecule has 0 saturated heterocycles. The van der Waals surface area contributed by atoms with Crippen LogP contribution in [0, 0.1) is 0 Å². The highest BCUT2D eigenvalue weighted by molar-refractivity contribution is 6.31. The fourth-order valence-corrected chi connectivity index (χ4v) is 2.42. The van der Waals surface area contributed by atoms with Gasteiger partial charge in [0.1, 0.15) is 5.78 Å². The van der Waals surface area contributed by atoms with Crippen molar-refractivity contribution in [2.24, 2.45) is 0 Å². The zero-order valence-corrected chi connectivity index (χ0v) is 12.7. The summed E-state index contributed by atoms with van der Waals surface area (Å²) in [5.74, 6) is 0.307. The van der Waals surface area contributed by atoms with E-state index in [1.165, 1.54) is 38.5 Å². The van der Waals surface area contributed by atoms with Gasteiger partial charge in [-0.3, -0.25) is 4.79 Å². The van der Waals surface area contributed by atoms with Gasteiger partial charge in [-0.2, -0.15) is 0 Å². The van der Waals surface area contributed by atoms with Gasteiger partial charge in [0.15, 0.2) is 0 Å². The highest BCUT2D eigenvalue weighted by Crippen LogP contribution is 2.17. The van der Waals surface area contributed by atoms with E-state index in [0.717, 1.165) is 12.0 Å². The Hall–Kier alpha value is -0.820. The molecular weight excluding hydrogens is 256 g/mol. The summed E-state index contributed by atoms with van der Waals surface area (Å²) >= 11 is 6.05. The van der Waals surface area contributed by atoms with E-state index in [-0.39, 0.29) is 0 Å². The van der Waals surface area contributed by atoms with Crippen LogP contribution in [0.15, 0.2) is 24.3 Å². The number of hydrogen-bond acceptors (Lipinski definition) is 1. The predicted octanol–water partition coefficient (Wildman–Crippen LogP) is 5.59. The molecule has 0 bridgehead atoms. The number of halogens is 1. The lowest BCUT2D eigenvalue weighted by Gasteiger charge is -2.04. The number of Topliss-reactive ketones (excluding diaryl/α,β-unsaturated/α-hetero) is 1. The SMILES string of the molecule is CCCCCCCCCC(=O)Cc1ccccc1Cl. The van der Waals surface area contributed by atoms with E-state index in [2.05, 4.69) is 6.92 Å². The van der Waals surface area contributed by atoms with Crippen LogP contribution in [0.5, 0.6) is 0 Å². The summed E-state index contributed by atoms with van der Waals surface area (Å²) in [6, 6.07) is 7.61. The molecule has 0 aliphatic carbocycles. The Bertz CT molecular complexity index is 373. The molecule has 0 saturated carbocycles. The van der Waals surface area contributed by atoms with Gasteiger partial charge in [-0.25, -0.2) is 0 Å². The van der Waals surface area contributed by atoms with Gasteiger partial charge in [-0.1, -0.05) is 75.2 Å². The first kappa shape index (κ1) is 16.2. The van der Waals surface area contributed by atoms with E-state index in [4.69, 9.17) is 11.6 Å². The van der Waals surface area contributed by atoms with Crippen LogP contribution in [0.4, 0.5) is 0 Å². The Balaban J connectivity index is 2.10. The summed E-state index contributed by atoms with van der Waals surface area (Å²) < 4.78 is 0. The molecule has 0 aliphatic rings. The normalized spacial score (nSPS) is 10.6. The zero-order chi connectivity index (χ0) is 13.9. The molecule has 0 spiro atoms. The molecular formula is C17H25ClO. The molecule has 0 aliphatic heterocycles. The molecule has 0 fully saturated rings. The summed E-state index contributed by atoms with van der Waals surface area (Å²) in [5, 5.41) is 0.704. The molecule has 0 unspecified atom stereocenters. The van der Waals surface area contributed by atoms with Gasteiger partial charge in [-0.05, 0) is 18.1 Å². The van der Waals surface area contributed by atoms with Crippen LogP contribution in [-0.2, 0) is 11.2 Å². The van der Waals surface area contributed by atoms with Crippen molar-refractivity contribution in [3.05, 3.63) is 34.9 Å². The lowest BCUT2D eigenvalue weighted by molar-refractivity contribution is -0.118. The maximum atomic E-state index is 11.8. The Morgan fingerprint density at radius 1 is 1.00 bits per heavy atom. The van der Waals surface area contributed by atoms with Crippen molar-refractivity contribution in [3.8, 4) is 0 Å². The van der Waals surface area contributed by atoms with Gasteiger partial charge < -0.3 is 0 Å². The first-order valence-corrected chi connectivity index (χ1v) is 7.87. The second-order valence-electron chi connectivity index (χ2n) is 5.18. The molecule has 0 heterocycles. The zero-order valence-electron chi connectivity index (χ0n) is 12.0. The molecule has 19 heavy (non-hydrogen) atoms. The Morgan fingerprint density at radius 2 is 1.63 bits per heavy atom. The van der Waals surface area contributed by atoms with Crippen molar-refractivity contribution in [3.63, 3.8) is 0 Å². The van der Waals surface area contributed by atoms with Gasteiger partial charge in [-0.15, -0.1) is 0 Å². The molecule has 1 rings (SSSR count). The monoisotopic (exact) mass is 280 g/mol. The second-order valence-corrected chi connectivity index (χ2v) is 5.59. The maximum absolute atomic E-state index is 11.8. The number of rotatable bonds is 10. The predicted molar refractivity (Wildman–Crippen MR) is 82.8 cm³/mol. The highest BCUT2D eigenvalue weighted by Gasteiger charge is 2.06. The van der Waals surface area contributed by atoms with Crippen molar-refractivity contribution < 1.29 is 4.79 Å². The lowest BCUT2D eigenvalue weighted by Crippen LogP contribution is -2.02. The number of benzene rings is 1.